The molecule has 2 atom stereocenters. The lowest BCUT2D eigenvalue weighted by Gasteiger charge is -2.20. The maximum atomic E-state index is 11.5. The molecule has 1 unspecified atom stereocenters. The zero-order chi connectivity index (χ0) is 21.0. The van der Waals surface area contributed by atoms with Gasteiger partial charge in [0.05, 0.1) is 12.5 Å². The lowest BCUT2D eigenvalue weighted by atomic mass is 9.85. The van der Waals surface area contributed by atoms with Gasteiger partial charge in [0.25, 0.3) is 0 Å². The zero-order valence-corrected chi connectivity index (χ0v) is 17.9. The van der Waals surface area contributed by atoms with Crippen molar-refractivity contribution in [1.82, 2.24) is 9.97 Å². The van der Waals surface area contributed by atoms with Gasteiger partial charge in [-0.3, -0.25) is 4.79 Å². The molecule has 6 nitrogen and oxygen atoms in total. The van der Waals surface area contributed by atoms with Crippen LogP contribution < -0.4 is 9.64 Å². The van der Waals surface area contributed by atoms with E-state index in [2.05, 4.69) is 20.9 Å². The van der Waals surface area contributed by atoms with E-state index in [0.29, 0.717) is 13.0 Å². The molecule has 0 amide bonds. The number of hydrogen-bond donors (Lipinski definition) is 1. The number of aryl methyl sites for hydroxylation is 2. The maximum absolute atomic E-state index is 11.5. The fourth-order valence-corrected chi connectivity index (χ4v) is 4.29. The highest BCUT2D eigenvalue weighted by atomic mass is 35.5. The fraction of sp³-hybridized carbons (Fsp3) is 0.500. The van der Waals surface area contributed by atoms with Crippen LogP contribution in [0.5, 0.6) is 5.75 Å². The van der Waals surface area contributed by atoms with Gasteiger partial charge in [-0.2, -0.15) is 0 Å². The number of carbonyl (C=O) groups is 1. The van der Waals surface area contributed by atoms with Crippen LogP contribution in [0.2, 0.25) is 5.28 Å². The molecule has 1 N–H and O–H groups in total. The van der Waals surface area contributed by atoms with Crippen molar-refractivity contribution >= 4 is 23.4 Å². The Bertz CT molecular complexity index is 874. The Hall–Kier alpha value is -2.34. The Labute approximate surface area is 176 Å². The second-order valence-electron chi connectivity index (χ2n) is 7.63. The van der Waals surface area contributed by atoms with Gasteiger partial charge in [-0.1, -0.05) is 13.0 Å². The average molecular weight is 418 g/mol. The predicted molar refractivity (Wildman–Crippen MR) is 114 cm³/mol. The summed E-state index contributed by atoms with van der Waals surface area (Å²) in [7, 11) is 1.98. The molecule has 0 fully saturated rings. The lowest BCUT2D eigenvalue weighted by molar-refractivity contribution is -0.142. The summed E-state index contributed by atoms with van der Waals surface area (Å²) in [6, 6.07) is 6.08. The van der Waals surface area contributed by atoms with E-state index in [1.807, 2.05) is 33.0 Å². The number of nitrogens with zero attached hydrogens (tertiary/aromatic N) is 3. The second kappa shape index (κ2) is 9.44. The quantitative estimate of drug-likeness (QED) is 0.478. The van der Waals surface area contributed by atoms with Gasteiger partial charge in [-0.25, -0.2) is 9.97 Å². The molecule has 0 saturated heterocycles. The molecule has 0 aliphatic heterocycles. The fourth-order valence-electron chi connectivity index (χ4n) is 4.16. The van der Waals surface area contributed by atoms with Crippen LogP contribution in [-0.4, -0.2) is 41.2 Å². The van der Waals surface area contributed by atoms with Gasteiger partial charge in [0.15, 0.2) is 0 Å². The van der Waals surface area contributed by atoms with Gasteiger partial charge < -0.3 is 14.7 Å². The molecule has 1 aromatic carbocycles. The Kier molecular flexibility index (Phi) is 6.96. The maximum Gasteiger partial charge on any atom is 0.307 e. The number of benzene rings is 1. The largest absolute Gasteiger partial charge is 0.494 e. The highest BCUT2D eigenvalue weighted by Crippen LogP contribution is 2.41. The van der Waals surface area contributed by atoms with Crippen LogP contribution in [0.4, 0.5) is 5.82 Å². The van der Waals surface area contributed by atoms with Gasteiger partial charge in [0, 0.05) is 25.4 Å². The van der Waals surface area contributed by atoms with Crippen LogP contribution in [0.3, 0.4) is 0 Å². The minimum absolute atomic E-state index is 0.109. The van der Waals surface area contributed by atoms with Crippen LogP contribution in [0, 0.1) is 12.8 Å². The summed E-state index contributed by atoms with van der Waals surface area (Å²) in [5.74, 6) is 0.777. The number of ether oxygens (including phenoxy) is 1. The molecule has 3 rings (SSSR count). The van der Waals surface area contributed by atoms with Gasteiger partial charge >= 0.3 is 5.97 Å². The van der Waals surface area contributed by atoms with E-state index in [-0.39, 0.29) is 17.1 Å². The molecule has 1 aliphatic carbocycles. The van der Waals surface area contributed by atoms with Crippen LogP contribution in [-0.2, 0) is 11.2 Å². The first-order chi connectivity index (χ1) is 13.9. The van der Waals surface area contributed by atoms with E-state index >= 15 is 0 Å². The van der Waals surface area contributed by atoms with Crippen molar-refractivity contribution < 1.29 is 14.6 Å². The number of fused-ring (bicyclic) bond motifs is 1. The molecule has 29 heavy (non-hydrogen) atoms. The molecule has 0 bridgehead atoms. The van der Waals surface area contributed by atoms with E-state index in [0.717, 1.165) is 42.9 Å². The van der Waals surface area contributed by atoms with E-state index < -0.39 is 5.97 Å². The molecule has 0 radical (unpaired) electrons. The normalized spacial score (nSPS) is 16.3. The van der Waals surface area contributed by atoms with Crippen molar-refractivity contribution in [3.05, 3.63) is 46.4 Å². The number of carboxylic acids is 1. The smallest absolute Gasteiger partial charge is 0.307 e. The zero-order valence-electron chi connectivity index (χ0n) is 17.2. The second-order valence-corrected chi connectivity index (χ2v) is 7.97. The molecule has 0 spiro atoms. The van der Waals surface area contributed by atoms with Crippen LogP contribution in [0.25, 0.3) is 0 Å². The highest BCUT2D eigenvalue weighted by Gasteiger charge is 2.33. The molecule has 0 saturated carbocycles. The van der Waals surface area contributed by atoms with E-state index in [1.165, 1.54) is 11.1 Å². The molecule has 1 aromatic heterocycles. The van der Waals surface area contributed by atoms with Crippen LogP contribution >= 0.6 is 11.6 Å². The third-order valence-corrected chi connectivity index (χ3v) is 5.85. The van der Waals surface area contributed by atoms with Crippen molar-refractivity contribution in [3.63, 3.8) is 0 Å². The van der Waals surface area contributed by atoms with E-state index in [4.69, 9.17) is 16.3 Å². The Morgan fingerprint density at radius 1 is 1.45 bits per heavy atom. The lowest BCUT2D eigenvalue weighted by Crippen LogP contribution is -2.22. The molecular formula is C22H28ClN3O3. The summed E-state index contributed by atoms with van der Waals surface area (Å²) in [6.07, 6.45) is 5.03. The third-order valence-electron chi connectivity index (χ3n) is 5.67. The first kappa shape index (κ1) is 21.4. The molecule has 156 valence electrons. The first-order valence-electron chi connectivity index (χ1n) is 10.1. The number of anilines is 1. The minimum Gasteiger partial charge on any atom is -0.494 e. The highest BCUT2D eigenvalue weighted by molar-refractivity contribution is 6.28. The molecule has 1 heterocycles. The molecule has 1 aliphatic rings. The Morgan fingerprint density at radius 2 is 2.24 bits per heavy atom. The minimum atomic E-state index is -0.699. The summed E-state index contributed by atoms with van der Waals surface area (Å²) in [6.45, 7) is 5.29. The number of carboxylic acid groups (broad SMARTS) is 1. The summed E-state index contributed by atoms with van der Waals surface area (Å²) >= 11 is 5.90. The van der Waals surface area contributed by atoms with Crippen molar-refractivity contribution in [3.8, 4) is 5.75 Å². The number of aliphatic carboxylic acids is 1. The van der Waals surface area contributed by atoms with Crippen molar-refractivity contribution in [2.45, 2.75) is 45.4 Å². The third kappa shape index (κ3) is 4.99. The van der Waals surface area contributed by atoms with Crippen molar-refractivity contribution in [1.29, 1.82) is 0 Å². The van der Waals surface area contributed by atoms with Gasteiger partial charge in [0.2, 0.25) is 5.28 Å². The molecule has 7 heteroatoms. The number of hydrogen-bond acceptors (Lipinski definition) is 5. The summed E-state index contributed by atoms with van der Waals surface area (Å²) < 4.78 is 5.94. The van der Waals surface area contributed by atoms with E-state index in [1.54, 1.807) is 6.20 Å². The topological polar surface area (TPSA) is 75.6 Å². The monoisotopic (exact) mass is 417 g/mol. The molecular weight excluding hydrogens is 390 g/mol. The van der Waals surface area contributed by atoms with E-state index in [9.17, 15) is 9.90 Å². The van der Waals surface area contributed by atoms with Gasteiger partial charge in [0.1, 0.15) is 11.6 Å². The van der Waals surface area contributed by atoms with Crippen LogP contribution in [0.1, 0.15) is 48.8 Å². The summed E-state index contributed by atoms with van der Waals surface area (Å²) in [5.41, 5.74) is 3.37. The van der Waals surface area contributed by atoms with Crippen molar-refractivity contribution in [2.75, 3.05) is 25.1 Å². The predicted octanol–water partition coefficient (Wildman–Crippen LogP) is 4.48. The number of rotatable bonds is 9. The first-order valence-corrected chi connectivity index (χ1v) is 10.5. The number of halogens is 1. The van der Waals surface area contributed by atoms with Crippen molar-refractivity contribution in [2.24, 2.45) is 5.92 Å². The molecule has 2 aromatic rings. The number of aromatic nitrogens is 2. The van der Waals surface area contributed by atoms with Crippen LogP contribution in [0.15, 0.2) is 24.4 Å². The Morgan fingerprint density at radius 3 is 2.97 bits per heavy atom. The summed E-state index contributed by atoms with van der Waals surface area (Å²) in [5, 5.41) is 9.72. The SMILES string of the molecule is CCC(C(=O)O)[C@@H]1CCc2cc(OCCCN(C)c3nc(Cl)ncc3C)ccc21. The summed E-state index contributed by atoms with van der Waals surface area (Å²) in [4.78, 5) is 21.8. The van der Waals surface area contributed by atoms with Gasteiger partial charge in [-0.05, 0) is 73.4 Å². The van der Waals surface area contributed by atoms with Gasteiger partial charge in [-0.15, -0.1) is 0 Å². The standard InChI is InChI=1S/C22H28ClN3O3/c1-4-17(21(27)28)19-8-6-15-12-16(7-9-18(15)19)29-11-5-10-26(3)20-14(2)13-24-22(23)25-20/h7,9,12-13,17,19H,4-6,8,10-11H2,1-3H3,(H,27,28)/t17?,19-/m0/s1. The Balaban J connectivity index is 1.53. The average Bonchev–Trinajstić information content (AvgIpc) is 3.10.